The van der Waals surface area contributed by atoms with E-state index in [1.807, 2.05) is 0 Å². The van der Waals surface area contributed by atoms with Gasteiger partial charge in [-0.1, -0.05) is 0 Å². The van der Waals surface area contributed by atoms with Gasteiger partial charge in [-0.15, -0.1) is 0 Å². The number of ether oxygens (including phenoxy) is 2. The first kappa shape index (κ1) is 12.7. The zero-order chi connectivity index (χ0) is 13.0. The first-order valence-electron chi connectivity index (χ1n) is 6.03. The summed E-state index contributed by atoms with van der Waals surface area (Å²) in [4.78, 5) is 12.0. The molecule has 5 nitrogen and oxygen atoms in total. The van der Waals surface area contributed by atoms with E-state index in [0.29, 0.717) is 23.6 Å². The summed E-state index contributed by atoms with van der Waals surface area (Å²) in [6.07, 6.45) is 1.92. The zero-order valence-corrected chi connectivity index (χ0v) is 10.4. The van der Waals surface area contributed by atoms with E-state index < -0.39 is 0 Å². The third-order valence-electron chi connectivity index (χ3n) is 3.00. The quantitative estimate of drug-likeness (QED) is 0.790. The molecule has 98 valence electrons. The van der Waals surface area contributed by atoms with Crippen molar-refractivity contribution < 1.29 is 14.3 Å². The van der Waals surface area contributed by atoms with Crippen molar-refractivity contribution in [3.8, 4) is 5.75 Å². The van der Waals surface area contributed by atoms with Gasteiger partial charge in [-0.25, -0.2) is 0 Å². The number of carbonyl (C=O) groups is 1. The first-order chi connectivity index (χ1) is 8.70. The molecule has 0 aromatic heterocycles. The van der Waals surface area contributed by atoms with E-state index in [9.17, 15) is 4.79 Å². The van der Waals surface area contributed by atoms with Gasteiger partial charge in [0.25, 0.3) is 5.91 Å². The van der Waals surface area contributed by atoms with E-state index >= 15 is 0 Å². The second-order valence-corrected chi connectivity index (χ2v) is 4.34. The lowest BCUT2D eigenvalue weighted by molar-refractivity contribution is 0.0624. The minimum atomic E-state index is -0.161. The molecule has 1 saturated heterocycles. The molecule has 1 unspecified atom stereocenters. The second-order valence-electron chi connectivity index (χ2n) is 4.34. The van der Waals surface area contributed by atoms with Gasteiger partial charge >= 0.3 is 0 Å². The molecule has 1 amide bonds. The maximum atomic E-state index is 12.0. The summed E-state index contributed by atoms with van der Waals surface area (Å²) in [5, 5.41) is 2.93. The van der Waals surface area contributed by atoms with Crippen LogP contribution in [0.2, 0.25) is 0 Å². The fourth-order valence-corrected chi connectivity index (χ4v) is 1.99. The molecule has 1 fully saturated rings. The molecule has 0 saturated carbocycles. The summed E-state index contributed by atoms with van der Waals surface area (Å²) in [6.45, 7) is 1.35. The number of hydrogen-bond donors (Lipinski definition) is 2. The fourth-order valence-electron chi connectivity index (χ4n) is 1.99. The number of methoxy groups -OCH3 is 1. The first-order valence-corrected chi connectivity index (χ1v) is 6.03. The Kier molecular flexibility index (Phi) is 4.04. The lowest BCUT2D eigenvalue weighted by atomic mass is 10.1. The molecule has 1 aromatic carbocycles. The fraction of sp³-hybridized carbons (Fsp3) is 0.462. The Morgan fingerprint density at radius 1 is 1.56 bits per heavy atom. The van der Waals surface area contributed by atoms with Crippen LogP contribution >= 0.6 is 0 Å². The Morgan fingerprint density at radius 2 is 2.39 bits per heavy atom. The van der Waals surface area contributed by atoms with Crippen molar-refractivity contribution in [2.24, 2.45) is 0 Å². The molecular weight excluding hydrogens is 232 g/mol. The molecule has 0 bridgehead atoms. The van der Waals surface area contributed by atoms with Crippen molar-refractivity contribution in [2.75, 3.05) is 26.1 Å². The molecule has 1 aromatic rings. The molecule has 18 heavy (non-hydrogen) atoms. The molecule has 1 aliphatic rings. The molecule has 0 spiro atoms. The molecule has 2 rings (SSSR count). The largest absolute Gasteiger partial charge is 0.497 e. The van der Waals surface area contributed by atoms with E-state index in [1.165, 1.54) is 0 Å². The molecule has 3 N–H and O–H groups in total. The zero-order valence-electron chi connectivity index (χ0n) is 10.4. The average Bonchev–Trinajstić information content (AvgIpc) is 2.39. The summed E-state index contributed by atoms with van der Waals surface area (Å²) >= 11 is 0. The highest BCUT2D eigenvalue weighted by molar-refractivity contribution is 5.99. The van der Waals surface area contributed by atoms with Gasteiger partial charge in [-0.3, -0.25) is 4.79 Å². The number of nitrogens with one attached hydrogen (secondary N) is 1. The monoisotopic (exact) mass is 250 g/mol. The van der Waals surface area contributed by atoms with Crippen molar-refractivity contribution in [3.05, 3.63) is 23.8 Å². The third kappa shape index (κ3) is 2.92. The lowest BCUT2D eigenvalue weighted by Crippen LogP contribution is -2.40. The Morgan fingerprint density at radius 3 is 3.00 bits per heavy atom. The van der Waals surface area contributed by atoms with E-state index in [2.05, 4.69) is 5.32 Å². The topological polar surface area (TPSA) is 73.6 Å². The summed E-state index contributed by atoms with van der Waals surface area (Å²) in [7, 11) is 1.56. The summed E-state index contributed by atoms with van der Waals surface area (Å²) < 4.78 is 10.4. The highest BCUT2D eigenvalue weighted by Crippen LogP contribution is 2.20. The molecule has 1 aliphatic heterocycles. The molecular formula is C13H18N2O3. The molecule has 0 aliphatic carbocycles. The van der Waals surface area contributed by atoms with E-state index in [-0.39, 0.29) is 11.9 Å². The van der Waals surface area contributed by atoms with Gasteiger partial charge in [0, 0.05) is 18.4 Å². The maximum absolute atomic E-state index is 12.0. The van der Waals surface area contributed by atoms with Gasteiger partial charge in [0.1, 0.15) is 5.75 Å². The predicted octanol–water partition coefficient (Wildman–Crippen LogP) is 1.19. The third-order valence-corrected chi connectivity index (χ3v) is 3.00. The minimum absolute atomic E-state index is 0.0766. The van der Waals surface area contributed by atoms with Gasteiger partial charge < -0.3 is 20.5 Å². The summed E-state index contributed by atoms with van der Waals surface area (Å²) in [6, 6.07) is 5.12. The van der Waals surface area contributed by atoms with Crippen molar-refractivity contribution >= 4 is 11.6 Å². The van der Waals surface area contributed by atoms with Gasteiger partial charge in [-0.05, 0) is 25.0 Å². The smallest absolute Gasteiger partial charge is 0.253 e. The number of carbonyl (C=O) groups excluding carboxylic acids is 1. The predicted molar refractivity (Wildman–Crippen MR) is 68.7 cm³/mol. The van der Waals surface area contributed by atoms with E-state index in [0.717, 1.165) is 19.4 Å². The van der Waals surface area contributed by atoms with E-state index in [1.54, 1.807) is 25.3 Å². The second kappa shape index (κ2) is 5.73. The summed E-state index contributed by atoms with van der Waals surface area (Å²) in [5.74, 6) is 0.482. The van der Waals surface area contributed by atoms with Gasteiger partial charge in [-0.2, -0.15) is 0 Å². The number of nitrogen functional groups attached to an aromatic ring is 1. The molecule has 0 radical (unpaired) electrons. The van der Waals surface area contributed by atoms with Crippen LogP contribution in [0.25, 0.3) is 0 Å². The number of benzene rings is 1. The number of hydrogen-bond acceptors (Lipinski definition) is 4. The van der Waals surface area contributed by atoms with Crippen LogP contribution in [0.1, 0.15) is 23.2 Å². The Labute approximate surface area is 106 Å². The highest BCUT2D eigenvalue weighted by Gasteiger charge is 2.18. The minimum Gasteiger partial charge on any atom is -0.497 e. The van der Waals surface area contributed by atoms with Crippen molar-refractivity contribution in [2.45, 2.75) is 18.9 Å². The van der Waals surface area contributed by atoms with Crippen molar-refractivity contribution in [1.82, 2.24) is 5.32 Å². The highest BCUT2D eigenvalue weighted by atomic mass is 16.5. The number of amides is 1. The standard InChI is InChI=1S/C13H18N2O3/c1-17-10-4-5-11(12(14)7-10)13(16)15-9-3-2-6-18-8-9/h4-5,7,9H,2-3,6,8,14H2,1H3,(H,15,16). The SMILES string of the molecule is COc1ccc(C(=O)NC2CCCOC2)c(N)c1. The van der Waals surface area contributed by atoms with Crippen LogP contribution < -0.4 is 15.8 Å². The molecule has 1 heterocycles. The molecule has 5 heteroatoms. The number of rotatable bonds is 3. The van der Waals surface area contributed by atoms with Crippen LogP contribution in [-0.2, 0) is 4.74 Å². The van der Waals surface area contributed by atoms with Crippen molar-refractivity contribution in [3.63, 3.8) is 0 Å². The summed E-state index contributed by atoms with van der Waals surface area (Å²) in [5.41, 5.74) is 6.72. The van der Waals surface area contributed by atoms with E-state index in [4.69, 9.17) is 15.2 Å². The van der Waals surface area contributed by atoms with Gasteiger partial charge in [0.05, 0.1) is 25.3 Å². The maximum Gasteiger partial charge on any atom is 0.253 e. The van der Waals surface area contributed by atoms with Crippen LogP contribution in [0.5, 0.6) is 5.75 Å². The average molecular weight is 250 g/mol. The normalized spacial score (nSPS) is 19.3. The Hall–Kier alpha value is -1.75. The van der Waals surface area contributed by atoms with Crippen LogP contribution in [-0.4, -0.2) is 32.3 Å². The molecule has 1 atom stereocenters. The van der Waals surface area contributed by atoms with Crippen LogP contribution in [0.15, 0.2) is 18.2 Å². The lowest BCUT2D eigenvalue weighted by Gasteiger charge is -2.23. The Balaban J connectivity index is 2.03. The van der Waals surface area contributed by atoms with Crippen molar-refractivity contribution in [1.29, 1.82) is 0 Å². The van der Waals surface area contributed by atoms with Crippen LogP contribution in [0, 0.1) is 0 Å². The van der Waals surface area contributed by atoms with Crippen LogP contribution in [0.4, 0.5) is 5.69 Å². The van der Waals surface area contributed by atoms with Gasteiger partial charge in [0.15, 0.2) is 0 Å². The van der Waals surface area contributed by atoms with Gasteiger partial charge in [0.2, 0.25) is 0 Å². The number of anilines is 1. The number of nitrogens with two attached hydrogens (primary N) is 1. The Bertz CT molecular complexity index is 428. The van der Waals surface area contributed by atoms with Crippen LogP contribution in [0.3, 0.4) is 0 Å².